The van der Waals surface area contributed by atoms with Crippen LogP contribution in [0.15, 0.2) is 24.4 Å². The molecule has 0 aliphatic heterocycles. The number of pyridine rings is 1. The van der Waals surface area contributed by atoms with Gasteiger partial charge in [0.1, 0.15) is 7.05 Å². The molecule has 0 amide bonds. The first-order chi connectivity index (χ1) is 5.34. The molecule has 1 rings (SSSR count). The van der Waals surface area contributed by atoms with Crippen molar-refractivity contribution < 1.29 is 33.7 Å². The second kappa shape index (κ2) is 6.37. The van der Waals surface area contributed by atoms with Crippen molar-refractivity contribution in [3.63, 3.8) is 0 Å². The van der Waals surface area contributed by atoms with E-state index < -0.39 is 0 Å². The molecule has 1 heterocycles. The lowest BCUT2D eigenvalue weighted by Gasteiger charge is -1.96. The Bertz CT molecular complexity index is 228. The molecule has 0 fully saturated rings. The second-order valence-corrected chi connectivity index (χ2v) is 2.63. The lowest BCUT2D eigenvalue weighted by atomic mass is 10.2. The third kappa shape index (κ3) is 3.49. The van der Waals surface area contributed by atoms with E-state index in [4.69, 9.17) is 5.11 Å². The summed E-state index contributed by atoms with van der Waals surface area (Å²) >= 11 is 0. The predicted molar refractivity (Wildman–Crippen MR) is 43.0 cm³/mol. The van der Waals surface area contributed by atoms with Crippen LogP contribution in [0.25, 0.3) is 0 Å². The molecule has 1 aromatic rings. The molecule has 0 aliphatic carbocycles. The van der Waals surface area contributed by atoms with E-state index in [2.05, 4.69) is 10.6 Å². The molecular formula is C9H14INO. The van der Waals surface area contributed by atoms with Crippen LogP contribution in [-0.4, -0.2) is 11.7 Å². The standard InChI is InChI=1S/C9H14NO.HI/c1-10-7-3-2-5-9(10)6-4-8-11;/h2-3,5,7,11H,4,6,8H2,1H3;1H/q+1;/p-1. The molecule has 0 bridgehead atoms. The van der Waals surface area contributed by atoms with Gasteiger partial charge in [-0.3, -0.25) is 0 Å². The van der Waals surface area contributed by atoms with Crippen LogP contribution >= 0.6 is 0 Å². The number of aliphatic hydroxyl groups excluding tert-OH is 1. The summed E-state index contributed by atoms with van der Waals surface area (Å²) in [5.41, 5.74) is 1.27. The normalized spacial score (nSPS) is 9.17. The Labute approximate surface area is 90.3 Å². The number of rotatable bonds is 3. The first kappa shape index (κ1) is 11.8. The Morgan fingerprint density at radius 2 is 2.17 bits per heavy atom. The second-order valence-electron chi connectivity index (χ2n) is 2.63. The highest BCUT2D eigenvalue weighted by molar-refractivity contribution is 4.96. The maximum absolute atomic E-state index is 8.61. The molecule has 0 aromatic carbocycles. The van der Waals surface area contributed by atoms with E-state index >= 15 is 0 Å². The maximum Gasteiger partial charge on any atom is 0.181 e. The van der Waals surface area contributed by atoms with E-state index in [1.165, 1.54) is 5.69 Å². The number of aromatic nitrogens is 1. The van der Waals surface area contributed by atoms with Gasteiger partial charge < -0.3 is 29.1 Å². The lowest BCUT2D eigenvalue weighted by Crippen LogP contribution is -3.00. The van der Waals surface area contributed by atoms with Gasteiger partial charge in [0.15, 0.2) is 11.9 Å². The van der Waals surface area contributed by atoms with Crippen molar-refractivity contribution in [3.8, 4) is 0 Å². The highest BCUT2D eigenvalue weighted by Crippen LogP contribution is 1.94. The van der Waals surface area contributed by atoms with Gasteiger partial charge in [0, 0.05) is 25.2 Å². The Kier molecular flexibility index (Phi) is 6.28. The molecule has 0 aliphatic rings. The molecule has 3 heteroatoms. The fourth-order valence-electron chi connectivity index (χ4n) is 1.08. The minimum absolute atomic E-state index is 0. The van der Waals surface area contributed by atoms with Gasteiger partial charge in [0.25, 0.3) is 0 Å². The Morgan fingerprint density at radius 3 is 2.75 bits per heavy atom. The van der Waals surface area contributed by atoms with Crippen molar-refractivity contribution in [1.29, 1.82) is 0 Å². The Morgan fingerprint density at radius 1 is 1.42 bits per heavy atom. The molecular weight excluding hydrogens is 265 g/mol. The van der Waals surface area contributed by atoms with E-state index in [0.29, 0.717) is 0 Å². The molecule has 0 saturated heterocycles. The van der Waals surface area contributed by atoms with Gasteiger partial charge in [-0.2, -0.15) is 0 Å². The van der Waals surface area contributed by atoms with Crippen molar-refractivity contribution in [3.05, 3.63) is 30.1 Å². The van der Waals surface area contributed by atoms with Crippen LogP contribution in [0.3, 0.4) is 0 Å². The summed E-state index contributed by atoms with van der Waals surface area (Å²) in [5.74, 6) is 0. The van der Waals surface area contributed by atoms with Crippen LogP contribution in [0, 0.1) is 0 Å². The van der Waals surface area contributed by atoms with Gasteiger partial charge in [0.2, 0.25) is 0 Å². The summed E-state index contributed by atoms with van der Waals surface area (Å²) in [7, 11) is 2.02. The van der Waals surface area contributed by atoms with Gasteiger partial charge in [-0.05, 0) is 6.42 Å². The average Bonchev–Trinajstić information content (AvgIpc) is 2.03. The monoisotopic (exact) mass is 279 g/mol. The number of nitrogens with zero attached hydrogens (tertiary/aromatic N) is 1. The summed E-state index contributed by atoms with van der Waals surface area (Å²) < 4.78 is 2.08. The van der Waals surface area contributed by atoms with Crippen LogP contribution in [0.5, 0.6) is 0 Å². The molecule has 0 radical (unpaired) electrons. The number of aryl methyl sites for hydroxylation is 2. The average molecular weight is 279 g/mol. The van der Waals surface area contributed by atoms with Crippen LogP contribution in [-0.2, 0) is 13.5 Å². The quantitative estimate of drug-likeness (QED) is 0.478. The minimum Gasteiger partial charge on any atom is -1.00 e. The Balaban J connectivity index is 0.00000121. The van der Waals surface area contributed by atoms with Crippen LogP contribution in [0.2, 0.25) is 0 Å². The highest BCUT2D eigenvalue weighted by atomic mass is 127. The number of halogens is 1. The van der Waals surface area contributed by atoms with Crippen molar-refractivity contribution in [1.82, 2.24) is 0 Å². The first-order valence-electron chi connectivity index (χ1n) is 3.89. The van der Waals surface area contributed by atoms with Crippen molar-refractivity contribution in [2.75, 3.05) is 6.61 Å². The molecule has 12 heavy (non-hydrogen) atoms. The van der Waals surface area contributed by atoms with Gasteiger partial charge in [-0.15, -0.1) is 0 Å². The van der Waals surface area contributed by atoms with Gasteiger partial charge in [-0.25, -0.2) is 4.57 Å². The van der Waals surface area contributed by atoms with Gasteiger partial charge in [0.05, 0.1) is 0 Å². The maximum atomic E-state index is 8.61. The zero-order valence-electron chi connectivity index (χ0n) is 7.20. The number of aliphatic hydroxyl groups is 1. The minimum atomic E-state index is 0. The summed E-state index contributed by atoms with van der Waals surface area (Å²) in [6.45, 7) is 0.273. The molecule has 0 spiro atoms. The largest absolute Gasteiger partial charge is 1.00 e. The summed E-state index contributed by atoms with van der Waals surface area (Å²) in [4.78, 5) is 0. The molecule has 0 unspecified atom stereocenters. The molecule has 0 saturated carbocycles. The third-order valence-corrected chi connectivity index (χ3v) is 1.75. The highest BCUT2D eigenvalue weighted by Gasteiger charge is 2.01. The molecule has 68 valence electrons. The fraction of sp³-hybridized carbons (Fsp3) is 0.444. The first-order valence-corrected chi connectivity index (χ1v) is 3.89. The Hall–Kier alpha value is -0.160. The van der Waals surface area contributed by atoms with E-state index in [-0.39, 0.29) is 30.6 Å². The fourth-order valence-corrected chi connectivity index (χ4v) is 1.08. The predicted octanol–water partition coefficient (Wildman–Crippen LogP) is -2.56. The summed E-state index contributed by atoms with van der Waals surface area (Å²) in [5, 5.41) is 8.61. The van der Waals surface area contributed by atoms with E-state index in [1.807, 2.05) is 25.4 Å². The van der Waals surface area contributed by atoms with Crippen molar-refractivity contribution in [2.24, 2.45) is 7.05 Å². The van der Waals surface area contributed by atoms with E-state index in [1.54, 1.807) is 0 Å². The summed E-state index contributed by atoms with van der Waals surface area (Å²) in [6, 6.07) is 6.10. The zero-order chi connectivity index (χ0) is 8.10. The van der Waals surface area contributed by atoms with E-state index in [9.17, 15) is 0 Å². The SMILES string of the molecule is C[n+]1ccccc1CCCO.[I-]. The third-order valence-electron chi connectivity index (χ3n) is 1.75. The van der Waals surface area contributed by atoms with Gasteiger partial charge >= 0.3 is 0 Å². The number of hydrogen-bond acceptors (Lipinski definition) is 1. The van der Waals surface area contributed by atoms with Crippen molar-refractivity contribution >= 4 is 0 Å². The topological polar surface area (TPSA) is 24.1 Å². The van der Waals surface area contributed by atoms with Crippen LogP contribution in [0.4, 0.5) is 0 Å². The molecule has 1 N–H and O–H groups in total. The molecule has 0 atom stereocenters. The van der Waals surface area contributed by atoms with Gasteiger partial charge in [-0.1, -0.05) is 6.07 Å². The lowest BCUT2D eigenvalue weighted by molar-refractivity contribution is -0.679. The summed E-state index contributed by atoms with van der Waals surface area (Å²) in [6.07, 6.45) is 3.82. The van der Waals surface area contributed by atoms with Crippen molar-refractivity contribution in [2.45, 2.75) is 12.8 Å². The zero-order valence-corrected chi connectivity index (χ0v) is 9.36. The molecule has 2 nitrogen and oxygen atoms in total. The molecule has 1 aromatic heterocycles. The van der Waals surface area contributed by atoms with E-state index in [0.717, 1.165) is 12.8 Å². The smallest absolute Gasteiger partial charge is 0.181 e. The van der Waals surface area contributed by atoms with Crippen LogP contribution < -0.4 is 28.5 Å². The number of hydrogen-bond donors (Lipinski definition) is 1. The van der Waals surface area contributed by atoms with Crippen LogP contribution in [0.1, 0.15) is 12.1 Å².